The van der Waals surface area contributed by atoms with Crippen LogP contribution < -0.4 is 11.1 Å². The standard InChI is InChI=1S/C38H55N3O9/c1-5-6-7-8-9-10-11-12-13-14-15-16-17-18-24(42)40-23-20-19-22-21(2)25-27(32(44)26(22)31(23)43)35(47)38(50)29(33(25)45)30(41(3)4)34(46)28(36(38)48)37(39)49/h19-21,25,29-30,33,43-45,48,50H,5-18H2,1-4H3,(H2,39,49)(H,40,42)/t21-,25?,29?,30-,33-,38-/m0/s1. The van der Waals surface area contributed by atoms with E-state index in [1.54, 1.807) is 13.0 Å². The van der Waals surface area contributed by atoms with E-state index >= 15 is 0 Å². The minimum Gasteiger partial charge on any atom is -0.508 e. The Labute approximate surface area is 294 Å². The predicted octanol–water partition coefficient (Wildman–Crippen LogP) is 4.92. The number of phenols is 1. The van der Waals surface area contributed by atoms with Crippen LogP contribution in [0.4, 0.5) is 5.69 Å². The maximum atomic E-state index is 14.2. The molecule has 0 aromatic heterocycles. The first-order valence-corrected chi connectivity index (χ1v) is 18.2. The summed E-state index contributed by atoms with van der Waals surface area (Å²) in [6, 6.07) is 1.64. The van der Waals surface area contributed by atoms with Gasteiger partial charge in [0.05, 0.1) is 29.3 Å². The summed E-state index contributed by atoms with van der Waals surface area (Å²) in [7, 11) is 2.91. The second kappa shape index (κ2) is 16.5. The lowest BCUT2D eigenvalue weighted by atomic mass is 9.54. The number of likely N-dealkylation sites (N-methyl/N-ethyl adjacent to an activating group) is 1. The number of hydrogen-bond donors (Lipinski definition) is 7. The molecule has 8 N–H and O–H groups in total. The Bertz CT molecular complexity index is 1530. The van der Waals surface area contributed by atoms with E-state index in [1.807, 2.05) is 0 Å². The summed E-state index contributed by atoms with van der Waals surface area (Å²) in [5, 5.41) is 60.1. The molecular formula is C38H55N3O9. The van der Waals surface area contributed by atoms with Crippen LogP contribution in [0.2, 0.25) is 0 Å². The molecule has 2 amide bonds. The zero-order chi connectivity index (χ0) is 36.9. The zero-order valence-corrected chi connectivity index (χ0v) is 29.8. The van der Waals surface area contributed by atoms with E-state index < -0.39 is 81.4 Å². The molecule has 2 unspecified atom stereocenters. The number of unbranched alkanes of at least 4 members (excludes halogenated alkanes) is 12. The molecule has 0 radical (unpaired) electrons. The second-order valence-corrected chi connectivity index (χ2v) is 14.5. The summed E-state index contributed by atoms with van der Waals surface area (Å²) >= 11 is 0. The van der Waals surface area contributed by atoms with Gasteiger partial charge in [0, 0.05) is 17.9 Å². The van der Waals surface area contributed by atoms with Crippen molar-refractivity contribution in [2.75, 3.05) is 19.4 Å². The molecule has 50 heavy (non-hydrogen) atoms. The zero-order valence-electron chi connectivity index (χ0n) is 29.8. The normalized spacial score (nSPS) is 26.2. The maximum absolute atomic E-state index is 14.2. The smallest absolute Gasteiger partial charge is 0.255 e. The van der Waals surface area contributed by atoms with Crippen LogP contribution >= 0.6 is 0 Å². The average molecular weight is 698 g/mol. The number of aliphatic hydroxyl groups is 4. The largest absolute Gasteiger partial charge is 0.508 e. The van der Waals surface area contributed by atoms with E-state index in [2.05, 4.69) is 12.2 Å². The van der Waals surface area contributed by atoms with Crippen molar-refractivity contribution in [3.05, 3.63) is 40.2 Å². The highest BCUT2D eigenvalue weighted by molar-refractivity contribution is 6.24. The van der Waals surface area contributed by atoms with Crippen molar-refractivity contribution in [2.45, 2.75) is 127 Å². The molecule has 3 aliphatic carbocycles. The fraction of sp³-hybridized carbons (Fsp3) is 0.632. The average Bonchev–Trinajstić information content (AvgIpc) is 3.05. The summed E-state index contributed by atoms with van der Waals surface area (Å²) < 4.78 is 0. The van der Waals surface area contributed by atoms with Gasteiger partial charge in [-0.15, -0.1) is 0 Å². The summed E-state index contributed by atoms with van der Waals surface area (Å²) in [6.07, 6.45) is 13.9. The van der Waals surface area contributed by atoms with Crippen molar-refractivity contribution in [1.29, 1.82) is 0 Å². The van der Waals surface area contributed by atoms with Crippen LogP contribution in [0.5, 0.6) is 5.75 Å². The van der Waals surface area contributed by atoms with Gasteiger partial charge in [0.1, 0.15) is 22.8 Å². The third kappa shape index (κ3) is 7.34. The van der Waals surface area contributed by atoms with E-state index in [0.717, 1.165) is 19.3 Å². The van der Waals surface area contributed by atoms with Gasteiger partial charge in [0.2, 0.25) is 11.7 Å². The molecule has 4 rings (SSSR count). The first-order chi connectivity index (χ1) is 23.7. The number of nitrogens with two attached hydrogens (primary N) is 1. The lowest BCUT2D eigenvalue weighted by Crippen LogP contribution is -2.70. The molecule has 0 saturated heterocycles. The van der Waals surface area contributed by atoms with E-state index in [4.69, 9.17) is 5.73 Å². The number of amides is 2. The third-order valence-corrected chi connectivity index (χ3v) is 10.9. The van der Waals surface area contributed by atoms with Crippen LogP contribution in [-0.4, -0.2) is 85.7 Å². The molecule has 1 fully saturated rings. The molecule has 12 nitrogen and oxygen atoms in total. The SMILES string of the molecule is CCCCCCCCCCCCCCCC(=O)Nc1ccc2c(c1O)C(O)=C1C(=O)[C@]3(O)C(O)=C(C(N)=O)C(=O)[C@@H](N(C)C)C3[C@@H](O)C1[C@H]2C. The van der Waals surface area contributed by atoms with Gasteiger partial charge < -0.3 is 36.6 Å². The van der Waals surface area contributed by atoms with E-state index in [0.29, 0.717) is 12.0 Å². The van der Waals surface area contributed by atoms with Crippen LogP contribution in [-0.2, 0) is 19.2 Å². The summed E-state index contributed by atoms with van der Waals surface area (Å²) in [5.41, 5.74) is 1.14. The Balaban J connectivity index is 1.46. The second-order valence-electron chi connectivity index (χ2n) is 14.5. The van der Waals surface area contributed by atoms with Gasteiger partial charge in [-0.1, -0.05) is 97.0 Å². The van der Waals surface area contributed by atoms with Gasteiger partial charge in [-0.2, -0.15) is 0 Å². The van der Waals surface area contributed by atoms with Crippen LogP contribution in [0.1, 0.15) is 121 Å². The first-order valence-electron chi connectivity index (χ1n) is 18.2. The van der Waals surface area contributed by atoms with Crippen molar-refractivity contribution in [1.82, 2.24) is 4.90 Å². The highest BCUT2D eigenvalue weighted by Gasteiger charge is 2.68. The molecule has 1 saturated carbocycles. The van der Waals surface area contributed by atoms with Crippen molar-refractivity contribution < 1.29 is 44.7 Å². The van der Waals surface area contributed by atoms with Crippen molar-refractivity contribution in [3.63, 3.8) is 0 Å². The van der Waals surface area contributed by atoms with E-state index in [-0.39, 0.29) is 23.6 Å². The predicted molar refractivity (Wildman–Crippen MR) is 189 cm³/mol. The van der Waals surface area contributed by atoms with E-state index in [9.17, 15) is 44.7 Å². The first kappa shape index (κ1) is 39.1. The van der Waals surface area contributed by atoms with Gasteiger partial charge in [-0.05, 0) is 38.1 Å². The number of phenolic OH excluding ortho intramolecular Hbond substituents is 1. The Kier molecular flexibility index (Phi) is 12.9. The Morgan fingerprint density at radius 3 is 1.96 bits per heavy atom. The summed E-state index contributed by atoms with van der Waals surface area (Å²) in [6.45, 7) is 3.88. The molecule has 0 aliphatic heterocycles. The number of benzene rings is 1. The van der Waals surface area contributed by atoms with Crippen molar-refractivity contribution in [2.24, 2.45) is 17.6 Å². The molecular weight excluding hydrogens is 642 g/mol. The van der Waals surface area contributed by atoms with Crippen LogP contribution in [0.15, 0.2) is 29.0 Å². The number of anilines is 1. The van der Waals surface area contributed by atoms with Crippen molar-refractivity contribution in [3.8, 4) is 5.75 Å². The van der Waals surface area contributed by atoms with Gasteiger partial charge in [0.15, 0.2) is 11.4 Å². The van der Waals surface area contributed by atoms with Gasteiger partial charge in [-0.3, -0.25) is 24.1 Å². The molecule has 0 bridgehead atoms. The molecule has 1 aromatic carbocycles. The summed E-state index contributed by atoms with van der Waals surface area (Å²) in [5.74, 6) is -9.95. The van der Waals surface area contributed by atoms with Gasteiger partial charge >= 0.3 is 0 Å². The number of nitrogens with zero attached hydrogens (tertiary/aromatic N) is 1. The van der Waals surface area contributed by atoms with Crippen LogP contribution in [0.3, 0.4) is 0 Å². The number of carbonyl (C=O) groups is 4. The van der Waals surface area contributed by atoms with Crippen molar-refractivity contribution >= 4 is 34.8 Å². The monoisotopic (exact) mass is 697 g/mol. The maximum Gasteiger partial charge on any atom is 0.255 e. The minimum absolute atomic E-state index is 0.0105. The molecule has 6 atom stereocenters. The third-order valence-electron chi connectivity index (χ3n) is 10.9. The topological polar surface area (TPSA) is 211 Å². The summed E-state index contributed by atoms with van der Waals surface area (Å²) in [4.78, 5) is 53.8. The number of aliphatic hydroxyl groups excluding tert-OH is 3. The fourth-order valence-electron chi connectivity index (χ4n) is 8.23. The number of hydrogen-bond acceptors (Lipinski definition) is 10. The van der Waals surface area contributed by atoms with Crippen LogP contribution in [0, 0.1) is 11.8 Å². The number of rotatable bonds is 17. The number of fused-ring (bicyclic) bond motifs is 3. The number of aromatic hydroxyl groups is 1. The number of ketones is 2. The van der Waals surface area contributed by atoms with Gasteiger partial charge in [0.25, 0.3) is 5.91 Å². The minimum atomic E-state index is -2.99. The molecule has 0 heterocycles. The highest BCUT2D eigenvalue weighted by atomic mass is 16.4. The Hall–Kier alpha value is -3.74. The number of nitrogens with one attached hydrogen (secondary N) is 1. The Morgan fingerprint density at radius 2 is 1.44 bits per heavy atom. The number of primary amides is 1. The lowest BCUT2D eigenvalue weighted by molar-refractivity contribution is -0.169. The molecule has 1 aromatic rings. The van der Waals surface area contributed by atoms with Crippen LogP contribution in [0.25, 0.3) is 5.76 Å². The number of carbonyl (C=O) groups excluding carboxylic acids is 4. The lowest BCUT2D eigenvalue weighted by Gasteiger charge is -2.53. The van der Waals surface area contributed by atoms with Gasteiger partial charge in [-0.25, -0.2) is 0 Å². The molecule has 0 spiro atoms. The quantitative estimate of drug-likeness (QED) is 0.0664. The fourth-order valence-corrected chi connectivity index (χ4v) is 8.23. The molecule has 12 heteroatoms. The Morgan fingerprint density at radius 1 is 0.900 bits per heavy atom. The highest BCUT2D eigenvalue weighted by Crippen LogP contribution is 2.56. The van der Waals surface area contributed by atoms with E-state index in [1.165, 1.54) is 82.8 Å². The number of Topliss-reactive ketones (excluding diaryl/α,β-unsaturated/α-hetero) is 2. The molecule has 3 aliphatic rings. The molecule has 276 valence electrons.